The lowest BCUT2D eigenvalue weighted by Crippen LogP contribution is -2.26. The van der Waals surface area contributed by atoms with Crippen LogP contribution in [0.3, 0.4) is 0 Å². The summed E-state index contributed by atoms with van der Waals surface area (Å²) < 4.78 is 27.5. The Labute approximate surface area is 122 Å². The van der Waals surface area contributed by atoms with Gasteiger partial charge in [0.15, 0.2) is 9.34 Å². The predicted molar refractivity (Wildman–Crippen MR) is 81.2 cm³/mol. The molecule has 1 aromatic carbocycles. The van der Waals surface area contributed by atoms with Crippen LogP contribution in [0, 0.1) is 13.8 Å². The van der Waals surface area contributed by atoms with Gasteiger partial charge in [-0.25, -0.2) is 18.1 Å². The molecule has 0 fully saturated rings. The smallest absolute Gasteiger partial charge is 0.252 e. The predicted octanol–water partition coefficient (Wildman–Crippen LogP) is 2.38. The molecule has 20 heavy (non-hydrogen) atoms. The Morgan fingerprint density at radius 3 is 2.35 bits per heavy atom. The van der Waals surface area contributed by atoms with Gasteiger partial charge >= 0.3 is 0 Å². The first-order chi connectivity index (χ1) is 9.29. The lowest BCUT2D eigenvalue weighted by molar-refractivity contribution is 0.568. The number of aryl methyl sites for hydroxylation is 2. The Bertz CT molecular complexity index is 706. The van der Waals surface area contributed by atoms with Crippen LogP contribution in [0.4, 0.5) is 5.13 Å². The molecular formula is C13H17N3O2S2. The number of anilines is 1. The molecule has 2 rings (SSSR count). The Hall–Kier alpha value is -1.44. The van der Waals surface area contributed by atoms with Gasteiger partial charge in [0.25, 0.3) is 10.0 Å². The zero-order valence-electron chi connectivity index (χ0n) is 11.5. The van der Waals surface area contributed by atoms with Crippen molar-refractivity contribution in [3.8, 4) is 0 Å². The molecule has 108 valence electrons. The van der Waals surface area contributed by atoms with E-state index in [-0.39, 0.29) is 15.4 Å². The zero-order valence-corrected chi connectivity index (χ0v) is 13.2. The number of aromatic nitrogens is 1. The van der Waals surface area contributed by atoms with Crippen LogP contribution < -0.4 is 10.5 Å². The summed E-state index contributed by atoms with van der Waals surface area (Å²) in [6.45, 7) is 5.43. The van der Waals surface area contributed by atoms with Gasteiger partial charge in [-0.3, -0.25) is 0 Å². The van der Waals surface area contributed by atoms with Crippen molar-refractivity contribution in [1.29, 1.82) is 0 Å². The molecule has 2 aromatic rings. The summed E-state index contributed by atoms with van der Waals surface area (Å²) in [7, 11) is -3.60. The van der Waals surface area contributed by atoms with Gasteiger partial charge in [-0.2, -0.15) is 0 Å². The molecule has 1 heterocycles. The second-order valence-electron chi connectivity index (χ2n) is 4.68. The average Bonchev–Trinajstić information content (AvgIpc) is 2.69. The minimum atomic E-state index is -3.60. The molecule has 7 heteroatoms. The van der Waals surface area contributed by atoms with Crippen molar-refractivity contribution < 1.29 is 8.42 Å². The van der Waals surface area contributed by atoms with Crippen molar-refractivity contribution in [1.82, 2.24) is 9.71 Å². The second kappa shape index (κ2) is 5.51. The monoisotopic (exact) mass is 311 g/mol. The quantitative estimate of drug-likeness (QED) is 0.908. The number of rotatable bonds is 4. The summed E-state index contributed by atoms with van der Waals surface area (Å²) in [5.41, 5.74) is 8.02. The number of thiazole rings is 1. The largest absolute Gasteiger partial charge is 0.375 e. The molecule has 0 radical (unpaired) electrons. The summed E-state index contributed by atoms with van der Waals surface area (Å²) in [6.07, 6.45) is 0. The molecule has 0 aliphatic rings. The third-order valence-electron chi connectivity index (χ3n) is 2.92. The summed E-state index contributed by atoms with van der Waals surface area (Å²) >= 11 is 0.977. The molecule has 0 aliphatic heterocycles. The van der Waals surface area contributed by atoms with Crippen molar-refractivity contribution in [3.05, 3.63) is 41.1 Å². The maximum absolute atomic E-state index is 12.3. The molecule has 1 aromatic heterocycles. The first-order valence-corrected chi connectivity index (χ1v) is 8.41. The molecule has 0 amide bonds. The minimum absolute atomic E-state index is 0.175. The number of hydrogen-bond acceptors (Lipinski definition) is 5. The standard InChI is InChI=1S/C13H17N3O2S2/c1-8-4-6-11(7-5-8)9(2)16-20(17,18)12-10(3)15-13(14)19-12/h4-7,9,16H,1-3H3,(H2,14,15). The third kappa shape index (κ3) is 3.17. The first-order valence-electron chi connectivity index (χ1n) is 6.11. The average molecular weight is 311 g/mol. The fraction of sp³-hybridized carbons (Fsp3) is 0.308. The van der Waals surface area contributed by atoms with Gasteiger partial charge in [0.05, 0.1) is 5.69 Å². The maximum Gasteiger partial charge on any atom is 0.252 e. The number of hydrogen-bond donors (Lipinski definition) is 2. The van der Waals surface area contributed by atoms with E-state index in [1.165, 1.54) is 0 Å². The number of nitrogens with one attached hydrogen (secondary N) is 1. The van der Waals surface area contributed by atoms with Crippen molar-refractivity contribution in [2.75, 3.05) is 5.73 Å². The lowest BCUT2D eigenvalue weighted by atomic mass is 10.1. The zero-order chi connectivity index (χ0) is 14.9. The summed E-state index contributed by atoms with van der Waals surface area (Å²) in [4.78, 5) is 3.95. The molecule has 0 bridgehead atoms. The normalized spacial score (nSPS) is 13.3. The number of benzene rings is 1. The number of nitrogens with two attached hydrogens (primary N) is 1. The van der Waals surface area contributed by atoms with Crippen LogP contribution in [0.1, 0.15) is 29.8 Å². The molecule has 0 spiro atoms. The molecule has 1 unspecified atom stereocenters. The molecule has 5 nitrogen and oxygen atoms in total. The Morgan fingerprint density at radius 1 is 1.25 bits per heavy atom. The van der Waals surface area contributed by atoms with Crippen LogP contribution in [-0.2, 0) is 10.0 Å². The van der Waals surface area contributed by atoms with E-state index >= 15 is 0 Å². The number of sulfonamides is 1. The molecule has 0 aliphatic carbocycles. The Morgan fingerprint density at radius 2 is 1.85 bits per heavy atom. The van der Waals surface area contributed by atoms with E-state index in [9.17, 15) is 8.42 Å². The molecule has 1 atom stereocenters. The number of nitrogens with zero attached hydrogens (tertiary/aromatic N) is 1. The van der Waals surface area contributed by atoms with Gasteiger partial charge in [0, 0.05) is 6.04 Å². The van der Waals surface area contributed by atoms with Crippen molar-refractivity contribution in [2.45, 2.75) is 31.0 Å². The van der Waals surface area contributed by atoms with Gasteiger partial charge in [0.1, 0.15) is 0 Å². The SMILES string of the molecule is Cc1ccc(C(C)NS(=O)(=O)c2sc(N)nc2C)cc1. The summed E-state index contributed by atoms with van der Waals surface area (Å²) in [5, 5.41) is 0.255. The number of nitrogen functional groups attached to an aromatic ring is 1. The van der Waals surface area contributed by atoms with Gasteiger partial charge in [-0.05, 0) is 26.3 Å². The van der Waals surface area contributed by atoms with Crippen LogP contribution in [0.15, 0.2) is 28.5 Å². The highest BCUT2D eigenvalue weighted by atomic mass is 32.2. The minimum Gasteiger partial charge on any atom is -0.375 e. The van der Waals surface area contributed by atoms with E-state index in [0.29, 0.717) is 5.69 Å². The van der Waals surface area contributed by atoms with Crippen molar-refractivity contribution >= 4 is 26.5 Å². The summed E-state index contributed by atoms with van der Waals surface area (Å²) in [5.74, 6) is 0. The van der Waals surface area contributed by atoms with Crippen molar-refractivity contribution in [3.63, 3.8) is 0 Å². The fourth-order valence-electron chi connectivity index (χ4n) is 1.86. The highest BCUT2D eigenvalue weighted by Crippen LogP contribution is 2.26. The van der Waals surface area contributed by atoms with Crippen LogP contribution in [0.2, 0.25) is 0 Å². The van der Waals surface area contributed by atoms with Gasteiger partial charge in [-0.15, -0.1) is 0 Å². The van der Waals surface area contributed by atoms with E-state index in [1.54, 1.807) is 6.92 Å². The first kappa shape index (κ1) is 15.0. The molecule has 0 saturated carbocycles. The lowest BCUT2D eigenvalue weighted by Gasteiger charge is -2.14. The molecule has 3 N–H and O–H groups in total. The van der Waals surface area contributed by atoms with Gasteiger partial charge < -0.3 is 5.73 Å². The van der Waals surface area contributed by atoms with Crippen LogP contribution >= 0.6 is 11.3 Å². The Kier molecular flexibility index (Phi) is 4.12. The van der Waals surface area contributed by atoms with Crippen molar-refractivity contribution in [2.24, 2.45) is 0 Å². The van der Waals surface area contributed by atoms with Gasteiger partial charge in [0.2, 0.25) is 0 Å². The van der Waals surface area contributed by atoms with E-state index < -0.39 is 10.0 Å². The van der Waals surface area contributed by atoms with E-state index in [4.69, 9.17) is 5.73 Å². The van der Waals surface area contributed by atoms with E-state index in [2.05, 4.69) is 9.71 Å². The molecular weight excluding hydrogens is 294 g/mol. The Balaban J connectivity index is 2.24. The van der Waals surface area contributed by atoms with Crippen LogP contribution in [-0.4, -0.2) is 13.4 Å². The third-order valence-corrected chi connectivity index (χ3v) is 6.06. The summed E-state index contributed by atoms with van der Waals surface area (Å²) in [6, 6.07) is 7.42. The highest BCUT2D eigenvalue weighted by molar-refractivity contribution is 7.91. The topological polar surface area (TPSA) is 85.1 Å². The fourth-order valence-corrected chi connectivity index (χ4v) is 4.41. The maximum atomic E-state index is 12.3. The van der Waals surface area contributed by atoms with Crippen LogP contribution in [0.5, 0.6) is 0 Å². The molecule has 0 saturated heterocycles. The van der Waals surface area contributed by atoms with Crippen LogP contribution in [0.25, 0.3) is 0 Å². The van der Waals surface area contributed by atoms with Gasteiger partial charge in [-0.1, -0.05) is 41.2 Å². The highest BCUT2D eigenvalue weighted by Gasteiger charge is 2.23. The van der Waals surface area contributed by atoms with E-state index in [1.807, 2.05) is 38.1 Å². The second-order valence-corrected chi connectivity index (χ2v) is 7.62. The van der Waals surface area contributed by atoms with E-state index in [0.717, 1.165) is 22.5 Å².